The monoisotopic (exact) mass is 249 g/mol. The van der Waals surface area contributed by atoms with Gasteiger partial charge in [0.05, 0.1) is 6.61 Å². The first-order chi connectivity index (χ1) is 8.74. The largest absolute Gasteiger partial charge is 0.494 e. The lowest BCUT2D eigenvalue weighted by Gasteiger charge is -2.08. The molecule has 2 N–H and O–H groups in total. The van der Waals surface area contributed by atoms with Crippen LogP contribution in [0, 0.1) is 6.92 Å². The Kier molecular flexibility index (Phi) is 7.31. The van der Waals surface area contributed by atoms with Crippen molar-refractivity contribution in [2.75, 3.05) is 12.3 Å². The fourth-order valence-corrected chi connectivity index (χ4v) is 1.99. The van der Waals surface area contributed by atoms with Crippen LogP contribution in [0.25, 0.3) is 0 Å². The fraction of sp³-hybridized carbons (Fsp3) is 0.625. The first-order valence-electron chi connectivity index (χ1n) is 7.23. The summed E-state index contributed by atoms with van der Waals surface area (Å²) in [5, 5.41) is 0. The van der Waals surface area contributed by atoms with Gasteiger partial charge in [0.2, 0.25) is 0 Å². The Morgan fingerprint density at radius 2 is 1.67 bits per heavy atom. The highest BCUT2D eigenvalue weighted by molar-refractivity contribution is 5.49. The Morgan fingerprint density at radius 3 is 2.33 bits per heavy atom. The summed E-state index contributed by atoms with van der Waals surface area (Å²) >= 11 is 0. The van der Waals surface area contributed by atoms with Gasteiger partial charge in [0.25, 0.3) is 0 Å². The minimum atomic E-state index is 0.817. The van der Waals surface area contributed by atoms with Gasteiger partial charge < -0.3 is 10.5 Å². The number of benzene rings is 1. The molecule has 2 heteroatoms. The van der Waals surface area contributed by atoms with Crippen molar-refractivity contribution in [3.8, 4) is 5.75 Å². The molecule has 1 rings (SSSR count). The van der Waals surface area contributed by atoms with E-state index in [2.05, 4.69) is 6.92 Å². The number of hydrogen-bond acceptors (Lipinski definition) is 2. The van der Waals surface area contributed by atoms with Gasteiger partial charge in [-0.25, -0.2) is 0 Å². The maximum atomic E-state index is 5.77. The van der Waals surface area contributed by atoms with E-state index in [1.165, 1.54) is 38.5 Å². The molecule has 0 unspecified atom stereocenters. The topological polar surface area (TPSA) is 35.2 Å². The first kappa shape index (κ1) is 14.9. The summed E-state index contributed by atoms with van der Waals surface area (Å²) in [6.45, 7) is 5.08. The van der Waals surface area contributed by atoms with Crippen LogP contribution >= 0.6 is 0 Å². The lowest BCUT2D eigenvalue weighted by molar-refractivity contribution is 0.304. The second-order valence-electron chi connectivity index (χ2n) is 4.99. The number of rotatable bonds is 9. The number of nitrogen functional groups attached to an aromatic ring is 1. The number of aryl methyl sites for hydroxylation is 1. The van der Waals surface area contributed by atoms with Crippen molar-refractivity contribution in [3.05, 3.63) is 23.8 Å². The van der Waals surface area contributed by atoms with Gasteiger partial charge in [-0.3, -0.25) is 0 Å². The molecule has 0 saturated heterocycles. The summed E-state index contributed by atoms with van der Waals surface area (Å²) in [7, 11) is 0. The van der Waals surface area contributed by atoms with Gasteiger partial charge >= 0.3 is 0 Å². The van der Waals surface area contributed by atoms with E-state index in [1.807, 2.05) is 25.1 Å². The molecule has 18 heavy (non-hydrogen) atoms. The van der Waals surface area contributed by atoms with Crippen LogP contribution < -0.4 is 10.5 Å². The molecule has 0 fully saturated rings. The summed E-state index contributed by atoms with van der Waals surface area (Å²) in [5.74, 6) is 0.938. The number of hydrogen-bond donors (Lipinski definition) is 1. The quantitative estimate of drug-likeness (QED) is 0.508. The molecule has 0 aliphatic rings. The molecule has 0 atom stereocenters. The van der Waals surface area contributed by atoms with Crippen LogP contribution in [-0.4, -0.2) is 6.61 Å². The molecular formula is C16H27NO. The number of anilines is 1. The molecule has 0 spiro atoms. The third-order valence-electron chi connectivity index (χ3n) is 3.26. The number of unbranched alkanes of at least 4 members (excludes halogenated alkanes) is 6. The fourth-order valence-electron chi connectivity index (χ4n) is 1.99. The third-order valence-corrected chi connectivity index (χ3v) is 3.26. The van der Waals surface area contributed by atoms with Crippen molar-refractivity contribution in [1.29, 1.82) is 0 Å². The van der Waals surface area contributed by atoms with Crippen molar-refractivity contribution < 1.29 is 4.74 Å². The lowest BCUT2D eigenvalue weighted by atomic mass is 10.1. The van der Waals surface area contributed by atoms with Gasteiger partial charge in [0, 0.05) is 5.69 Å². The highest BCUT2D eigenvalue weighted by Gasteiger charge is 1.97. The van der Waals surface area contributed by atoms with Crippen LogP contribution in [-0.2, 0) is 0 Å². The van der Waals surface area contributed by atoms with Crippen LogP contribution in [0.2, 0.25) is 0 Å². The SMILES string of the molecule is CCCCCCCCCOc1ccc(N)c(C)c1. The number of ether oxygens (including phenoxy) is 1. The summed E-state index contributed by atoms with van der Waals surface area (Å²) in [5.41, 5.74) is 7.69. The maximum Gasteiger partial charge on any atom is 0.119 e. The van der Waals surface area contributed by atoms with Gasteiger partial charge in [-0.05, 0) is 37.1 Å². The predicted molar refractivity (Wildman–Crippen MR) is 79.1 cm³/mol. The van der Waals surface area contributed by atoms with E-state index < -0.39 is 0 Å². The van der Waals surface area contributed by atoms with E-state index in [1.54, 1.807) is 0 Å². The molecular weight excluding hydrogens is 222 g/mol. The highest BCUT2D eigenvalue weighted by atomic mass is 16.5. The zero-order valence-corrected chi connectivity index (χ0v) is 11.9. The normalized spacial score (nSPS) is 10.6. The highest BCUT2D eigenvalue weighted by Crippen LogP contribution is 2.19. The van der Waals surface area contributed by atoms with Crippen molar-refractivity contribution in [3.63, 3.8) is 0 Å². The molecule has 2 nitrogen and oxygen atoms in total. The Morgan fingerprint density at radius 1 is 1.00 bits per heavy atom. The summed E-state index contributed by atoms with van der Waals surface area (Å²) < 4.78 is 5.71. The summed E-state index contributed by atoms with van der Waals surface area (Å²) in [6, 6.07) is 5.87. The van der Waals surface area contributed by atoms with E-state index >= 15 is 0 Å². The second-order valence-corrected chi connectivity index (χ2v) is 4.99. The zero-order chi connectivity index (χ0) is 13.2. The molecule has 0 aliphatic carbocycles. The Balaban J connectivity index is 2.05. The van der Waals surface area contributed by atoms with E-state index in [-0.39, 0.29) is 0 Å². The van der Waals surface area contributed by atoms with Crippen molar-refractivity contribution in [2.45, 2.75) is 58.8 Å². The molecule has 0 bridgehead atoms. The maximum absolute atomic E-state index is 5.77. The molecule has 0 amide bonds. The summed E-state index contributed by atoms with van der Waals surface area (Å²) in [4.78, 5) is 0. The predicted octanol–water partition coefficient (Wildman–Crippen LogP) is 4.71. The molecule has 0 heterocycles. The van der Waals surface area contributed by atoms with E-state index in [0.29, 0.717) is 0 Å². The minimum absolute atomic E-state index is 0.817. The molecule has 0 aliphatic heterocycles. The molecule has 1 aromatic carbocycles. The van der Waals surface area contributed by atoms with Crippen molar-refractivity contribution >= 4 is 5.69 Å². The van der Waals surface area contributed by atoms with Gasteiger partial charge in [-0.2, -0.15) is 0 Å². The van der Waals surface area contributed by atoms with Crippen LogP contribution in [0.15, 0.2) is 18.2 Å². The first-order valence-corrected chi connectivity index (χ1v) is 7.23. The van der Waals surface area contributed by atoms with Gasteiger partial charge in [-0.1, -0.05) is 45.4 Å². The standard InChI is InChI=1S/C16H27NO/c1-3-4-5-6-7-8-9-12-18-15-10-11-16(17)14(2)13-15/h10-11,13H,3-9,12,17H2,1-2H3. The molecule has 102 valence electrons. The minimum Gasteiger partial charge on any atom is -0.494 e. The van der Waals surface area contributed by atoms with E-state index in [9.17, 15) is 0 Å². The second kappa shape index (κ2) is 8.84. The average Bonchev–Trinajstić information content (AvgIpc) is 2.37. The number of nitrogens with two attached hydrogens (primary N) is 1. The zero-order valence-electron chi connectivity index (χ0n) is 11.9. The molecule has 0 aromatic heterocycles. The lowest BCUT2D eigenvalue weighted by Crippen LogP contribution is -1.98. The molecule has 0 radical (unpaired) electrons. The van der Waals surface area contributed by atoms with Crippen LogP contribution in [0.3, 0.4) is 0 Å². The van der Waals surface area contributed by atoms with E-state index in [0.717, 1.165) is 30.0 Å². The molecule has 0 saturated carbocycles. The van der Waals surface area contributed by atoms with Crippen LogP contribution in [0.5, 0.6) is 5.75 Å². The smallest absolute Gasteiger partial charge is 0.119 e. The van der Waals surface area contributed by atoms with Crippen molar-refractivity contribution in [1.82, 2.24) is 0 Å². The average molecular weight is 249 g/mol. The molecule has 1 aromatic rings. The van der Waals surface area contributed by atoms with Crippen molar-refractivity contribution in [2.24, 2.45) is 0 Å². The van der Waals surface area contributed by atoms with Crippen LogP contribution in [0.1, 0.15) is 57.4 Å². The van der Waals surface area contributed by atoms with Gasteiger partial charge in [-0.15, -0.1) is 0 Å². The third kappa shape index (κ3) is 5.95. The Labute approximate surface area is 112 Å². The van der Waals surface area contributed by atoms with Gasteiger partial charge in [0.15, 0.2) is 0 Å². The van der Waals surface area contributed by atoms with E-state index in [4.69, 9.17) is 10.5 Å². The Hall–Kier alpha value is -1.18. The summed E-state index contributed by atoms with van der Waals surface area (Å²) in [6.07, 6.45) is 9.21. The van der Waals surface area contributed by atoms with Gasteiger partial charge in [0.1, 0.15) is 5.75 Å². The Bertz CT molecular complexity index is 336. The van der Waals surface area contributed by atoms with Crippen LogP contribution in [0.4, 0.5) is 5.69 Å².